The molecule has 2 saturated heterocycles. The van der Waals surface area contributed by atoms with E-state index in [1.165, 1.54) is 10.8 Å². The SMILES string of the molecule is CC1(C)O[C@@H]2[C@@H](O1)C(c1ccccc1)(c1ccccc1)S(=O)SC2(c1ccccc1)c1ccccc1. The first-order valence-corrected chi connectivity index (χ1v) is 14.7. The molecular formula is C31H28O3S2. The van der Waals surface area contributed by atoms with Crippen molar-refractivity contribution < 1.29 is 13.7 Å². The molecule has 1 unspecified atom stereocenters. The average Bonchev–Trinajstić information content (AvgIpc) is 3.26. The van der Waals surface area contributed by atoms with Crippen LogP contribution in [0, 0.1) is 0 Å². The first kappa shape index (κ1) is 23.7. The van der Waals surface area contributed by atoms with Gasteiger partial charge in [0, 0.05) is 0 Å². The highest BCUT2D eigenvalue weighted by Gasteiger charge is 2.69. The summed E-state index contributed by atoms with van der Waals surface area (Å²) in [5.74, 6) is -0.853. The monoisotopic (exact) mass is 512 g/mol. The van der Waals surface area contributed by atoms with E-state index in [-0.39, 0.29) is 0 Å². The lowest BCUT2D eigenvalue weighted by atomic mass is 9.76. The lowest BCUT2D eigenvalue weighted by molar-refractivity contribution is -0.149. The predicted molar refractivity (Wildman–Crippen MR) is 147 cm³/mol. The van der Waals surface area contributed by atoms with E-state index in [1.807, 2.05) is 86.6 Å². The van der Waals surface area contributed by atoms with Crippen LogP contribution in [0.2, 0.25) is 0 Å². The van der Waals surface area contributed by atoms with Gasteiger partial charge in [0.1, 0.15) is 21.7 Å². The number of fused-ring (bicyclic) bond motifs is 1. The van der Waals surface area contributed by atoms with Crippen molar-refractivity contribution in [1.29, 1.82) is 0 Å². The maximum absolute atomic E-state index is 15.0. The summed E-state index contributed by atoms with van der Waals surface area (Å²) in [6.45, 7) is 3.92. The van der Waals surface area contributed by atoms with Crippen LogP contribution in [-0.2, 0) is 28.8 Å². The summed E-state index contributed by atoms with van der Waals surface area (Å²) in [6.07, 6.45) is -0.903. The van der Waals surface area contributed by atoms with E-state index in [0.717, 1.165) is 22.3 Å². The molecule has 2 fully saturated rings. The molecule has 36 heavy (non-hydrogen) atoms. The van der Waals surface area contributed by atoms with Gasteiger partial charge in [-0.2, -0.15) is 0 Å². The Hall–Kier alpha value is -2.70. The normalized spacial score (nSPS) is 25.7. The van der Waals surface area contributed by atoms with E-state index in [2.05, 4.69) is 48.5 Å². The topological polar surface area (TPSA) is 35.5 Å². The molecule has 4 aromatic rings. The van der Waals surface area contributed by atoms with Crippen LogP contribution >= 0.6 is 10.8 Å². The highest BCUT2D eigenvalue weighted by atomic mass is 33.1. The van der Waals surface area contributed by atoms with Crippen molar-refractivity contribution >= 4 is 20.6 Å². The Balaban J connectivity index is 1.67. The van der Waals surface area contributed by atoms with Gasteiger partial charge in [-0.05, 0) is 46.9 Å². The standard InChI is InChI=1S/C31H28O3S2/c1-29(2)33-27-28(34-29)31(25-19-11-5-12-20-25,26-21-13-6-14-22-26)36(32)35-30(27,23-15-7-3-8-16-23)24-17-9-4-10-18-24/h3-22,27-28H,1-2H3/t27-,28-,36?/m1/s1. The Kier molecular flexibility index (Phi) is 5.92. The third-order valence-electron chi connectivity index (χ3n) is 7.18. The molecule has 2 aliphatic rings. The van der Waals surface area contributed by atoms with Crippen molar-refractivity contribution in [2.75, 3.05) is 0 Å². The number of hydrogen-bond acceptors (Lipinski definition) is 4. The van der Waals surface area contributed by atoms with E-state index in [1.54, 1.807) is 0 Å². The number of benzene rings is 4. The minimum absolute atomic E-state index is 0.402. The van der Waals surface area contributed by atoms with Crippen LogP contribution in [0.15, 0.2) is 121 Å². The van der Waals surface area contributed by atoms with Gasteiger partial charge in [-0.15, -0.1) is 0 Å². The summed E-state index contributed by atoms with van der Waals surface area (Å²) in [5, 5.41) is 0. The van der Waals surface area contributed by atoms with Gasteiger partial charge >= 0.3 is 0 Å². The van der Waals surface area contributed by atoms with Gasteiger partial charge in [-0.1, -0.05) is 121 Å². The smallest absolute Gasteiger partial charge is 0.163 e. The largest absolute Gasteiger partial charge is 0.342 e. The number of rotatable bonds is 4. The van der Waals surface area contributed by atoms with Crippen molar-refractivity contribution in [1.82, 2.24) is 0 Å². The molecule has 0 N–H and O–H groups in total. The Morgan fingerprint density at radius 2 is 0.944 bits per heavy atom. The van der Waals surface area contributed by atoms with Crippen LogP contribution in [0.5, 0.6) is 0 Å². The second-order valence-corrected chi connectivity index (χ2v) is 13.1. The Labute approximate surface area is 218 Å². The van der Waals surface area contributed by atoms with Crippen LogP contribution in [-0.4, -0.2) is 22.2 Å². The molecule has 182 valence electrons. The van der Waals surface area contributed by atoms with Crippen LogP contribution in [0.3, 0.4) is 0 Å². The molecular weight excluding hydrogens is 484 g/mol. The van der Waals surface area contributed by atoms with Crippen molar-refractivity contribution in [3.8, 4) is 0 Å². The zero-order chi connectivity index (χ0) is 24.8. The van der Waals surface area contributed by atoms with Crippen molar-refractivity contribution in [3.63, 3.8) is 0 Å². The van der Waals surface area contributed by atoms with Gasteiger partial charge in [-0.25, -0.2) is 4.21 Å². The van der Waals surface area contributed by atoms with Crippen LogP contribution in [0.1, 0.15) is 36.1 Å². The molecule has 0 radical (unpaired) electrons. The van der Waals surface area contributed by atoms with Gasteiger partial charge < -0.3 is 9.47 Å². The molecule has 0 spiro atoms. The summed E-state index contributed by atoms with van der Waals surface area (Å²) >= 11 is 0. The minimum Gasteiger partial charge on any atom is -0.342 e. The summed E-state index contributed by atoms with van der Waals surface area (Å²) in [4.78, 5) is 0. The molecule has 3 nitrogen and oxygen atoms in total. The predicted octanol–water partition coefficient (Wildman–Crippen LogP) is 6.80. The summed E-state index contributed by atoms with van der Waals surface area (Å²) in [5.41, 5.74) is 4.04. The van der Waals surface area contributed by atoms with E-state index >= 15 is 0 Å². The maximum atomic E-state index is 15.0. The third kappa shape index (κ3) is 3.52. The maximum Gasteiger partial charge on any atom is 0.163 e. The number of hydrogen-bond donors (Lipinski definition) is 0. The Morgan fingerprint density at radius 1 is 0.583 bits per heavy atom. The molecule has 0 saturated carbocycles. The van der Waals surface area contributed by atoms with Gasteiger partial charge in [0.2, 0.25) is 0 Å². The van der Waals surface area contributed by atoms with Crippen LogP contribution < -0.4 is 0 Å². The Bertz CT molecular complexity index is 1280. The average molecular weight is 513 g/mol. The zero-order valence-electron chi connectivity index (χ0n) is 20.2. The summed E-state index contributed by atoms with van der Waals surface area (Å²) < 4.78 is 27.0. The lowest BCUT2D eigenvalue weighted by Gasteiger charge is -2.51. The molecule has 3 atom stereocenters. The van der Waals surface area contributed by atoms with E-state index in [0.29, 0.717) is 0 Å². The third-order valence-corrected chi connectivity index (χ3v) is 11.6. The summed E-state index contributed by atoms with van der Waals surface area (Å²) in [6, 6.07) is 40.9. The summed E-state index contributed by atoms with van der Waals surface area (Å²) in [7, 11) is 0.0399. The minimum atomic E-state index is -1.44. The van der Waals surface area contributed by atoms with Gasteiger partial charge in [0.05, 0.1) is 9.83 Å². The molecule has 0 amide bonds. The van der Waals surface area contributed by atoms with Crippen LogP contribution in [0.25, 0.3) is 0 Å². The molecule has 5 heteroatoms. The van der Waals surface area contributed by atoms with Crippen LogP contribution in [0.4, 0.5) is 0 Å². The zero-order valence-corrected chi connectivity index (χ0v) is 21.9. The lowest BCUT2D eigenvalue weighted by Crippen LogP contribution is -2.59. The van der Waals surface area contributed by atoms with Gasteiger partial charge in [0.25, 0.3) is 0 Å². The highest BCUT2D eigenvalue weighted by Crippen LogP contribution is 2.64. The molecule has 2 aliphatic heterocycles. The van der Waals surface area contributed by atoms with Crippen molar-refractivity contribution in [2.45, 2.75) is 41.3 Å². The second-order valence-electron chi connectivity index (χ2n) is 9.73. The van der Waals surface area contributed by atoms with E-state index in [9.17, 15) is 4.21 Å². The van der Waals surface area contributed by atoms with E-state index in [4.69, 9.17) is 9.47 Å². The fourth-order valence-electron chi connectivity index (χ4n) is 5.70. The molecule has 4 aromatic carbocycles. The highest BCUT2D eigenvalue weighted by molar-refractivity contribution is 8.70. The second kappa shape index (κ2) is 9.00. The molecule has 0 bridgehead atoms. The fourth-order valence-corrected chi connectivity index (χ4v) is 10.7. The molecule has 2 heterocycles. The number of ether oxygens (including phenoxy) is 2. The van der Waals surface area contributed by atoms with Crippen molar-refractivity contribution in [3.05, 3.63) is 144 Å². The first-order chi connectivity index (χ1) is 17.5. The Morgan fingerprint density at radius 3 is 1.36 bits per heavy atom. The molecule has 6 rings (SSSR count). The quantitative estimate of drug-likeness (QED) is 0.282. The molecule has 0 aliphatic carbocycles. The first-order valence-electron chi connectivity index (χ1n) is 12.2. The van der Waals surface area contributed by atoms with E-state index < -0.39 is 37.3 Å². The fraction of sp³-hybridized carbons (Fsp3) is 0.226. The van der Waals surface area contributed by atoms with Gasteiger partial charge in [0.15, 0.2) is 5.79 Å². The van der Waals surface area contributed by atoms with Gasteiger partial charge in [-0.3, -0.25) is 0 Å². The molecule has 0 aromatic heterocycles. The van der Waals surface area contributed by atoms with Crippen molar-refractivity contribution in [2.24, 2.45) is 0 Å².